The van der Waals surface area contributed by atoms with Crippen molar-refractivity contribution in [2.24, 2.45) is 0 Å². The van der Waals surface area contributed by atoms with E-state index in [0.29, 0.717) is 24.8 Å². The molecule has 0 amide bonds. The molecule has 1 aromatic carbocycles. The Hall–Kier alpha value is -2.56. The molecule has 0 aliphatic carbocycles. The van der Waals surface area contributed by atoms with Crippen molar-refractivity contribution in [3.05, 3.63) is 54.1 Å². The number of aromatic nitrogens is 1. The lowest BCUT2D eigenvalue weighted by molar-refractivity contribution is -0.136. The van der Waals surface area contributed by atoms with E-state index in [4.69, 9.17) is 9.84 Å². The maximum atomic E-state index is 10.4. The number of nitrogens with one attached hydrogen (secondary N) is 1. The van der Waals surface area contributed by atoms with Crippen molar-refractivity contribution < 1.29 is 14.6 Å². The monoisotopic (exact) mass is 272 g/mol. The number of nitrogens with zero attached hydrogens (tertiary/aromatic N) is 1. The van der Waals surface area contributed by atoms with Gasteiger partial charge in [-0.2, -0.15) is 4.98 Å². The molecule has 20 heavy (non-hydrogen) atoms. The summed E-state index contributed by atoms with van der Waals surface area (Å²) >= 11 is 0. The van der Waals surface area contributed by atoms with E-state index in [1.807, 2.05) is 36.4 Å². The highest BCUT2D eigenvalue weighted by Gasteiger charge is 2.01. The molecule has 1 aromatic heterocycles. The van der Waals surface area contributed by atoms with Gasteiger partial charge in [-0.15, -0.1) is 0 Å². The molecule has 104 valence electrons. The first-order chi connectivity index (χ1) is 9.74. The topological polar surface area (TPSA) is 71.5 Å². The predicted molar refractivity (Wildman–Crippen MR) is 75.8 cm³/mol. The van der Waals surface area contributed by atoms with Gasteiger partial charge in [0.2, 0.25) is 5.88 Å². The first kappa shape index (κ1) is 13.9. The molecule has 5 heteroatoms. The van der Waals surface area contributed by atoms with Crippen LogP contribution in [-0.2, 0) is 11.4 Å². The first-order valence-electron chi connectivity index (χ1n) is 6.33. The van der Waals surface area contributed by atoms with Crippen molar-refractivity contribution in [3.63, 3.8) is 0 Å². The van der Waals surface area contributed by atoms with Crippen molar-refractivity contribution in [1.82, 2.24) is 4.98 Å². The van der Waals surface area contributed by atoms with Crippen LogP contribution >= 0.6 is 0 Å². The number of anilines is 1. The number of hydrogen-bond acceptors (Lipinski definition) is 4. The Bertz CT molecular complexity index is 558. The fourth-order valence-electron chi connectivity index (χ4n) is 1.62. The Balaban J connectivity index is 1.87. The molecule has 1 heterocycles. The molecular weight excluding hydrogens is 256 g/mol. The van der Waals surface area contributed by atoms with Crippen molar-refractivity contribution >= 4 is 11.8 Å². The molecule has 0 saturated heterocycles. The van der Waals surface area contributed by atoms with E-state index in [0.717, 1.165) is 5.56 Å². The molecule has 0 aliphatic heterocycles. The summed E-state index contributed by atoms with van der Waals surface area (Å²) in [4.78, 5) is 14.7. The number of rotatable bonds is 7. The molecule has 0 bridgehead atoms. The molecule has 2 N–H and O–H groups in total. The van der Waals surface area contributed by atoms with Gasteiger partial charge in [0, 0.05) is 12.6 Å². The van der Waals surface area contributed by atoms with Gasteiger partial charge in [-0.05, 0) is 11.6 Å². The minimum Gasteiger partial charge on any atom is -0.481 e. The third-order valence-corrected chi connectivity index (χ3v) is 2.60. The van der Waals surface area contributed by atoms with Crippen molar-refractivity contribution in [2.45, 2.75) is 13.0 Å². The SMILES string of the molecule is O=C(O)CCNc1cccc(OCc2ccccc2)n1. The average Bonchev–Trinajstić information content (AvgIpc) is 2.46. The summed E-state index contributed by atoms with van der Waals surface area (Å²) in [6.07, 6.45) is 0.0524. The van der Waals surface area contributed by atoms with Crippen LogP contribution in [0.1, 0.15) is 12.0 Å². The number of hydrogen-bond donors (Lipinski definition) is 2. The zero-order chi connectivity index (χ0) is 14.2. The fourth-order valence-corrected chi connectivity index (χ4v) is 1.62. The van der Waals surface area contributed by atoms with Gasteiger partial charge in [-0.3, -0.25) is 4.79 Å². The van der Waals surface area contributed by atoms with E-state index in [1.54, 1.807) is 12.1 Å². The van der Waals surface area contributed by atoms with E-state index < -0.39 is 5.97 Å². The van der Waals surface area contributed by atoms with Crippen LogP contribution in [-0.4, -0.2) is 22.6 Å². The van der Waals surface area contributed by atoms with Crippen molar-refractivity contribution in [1.29, 1.82) is 0 Å². The normalized spacial score (nSPS) is 10.0. The highest BCUT2D eigenvalue weighted by atomic mass is 16.5. The molecule has 0 saturated carbocycles. The number of carboxylic acid groups (broad SMARTS) is 1. The number of benzene rings is 1. The number of ether oxygens (including phenoxy) is 1. The Labute approximate surface area is 117 Å². The summed E-state index contributed by atoms with van der Waals surface area (Å²) in [6.45, 7) is 0.789. The van der Waals surface area contributed by atoms with Gasteiger partial charge in [-0.1, -0.05) is 36.4 Å². The highest BCUT2D eigenvalue weighted by Crippen LogP contribution is 2.13. The number of pyridine rings is 1. The second-order valence-corrected chi connectivity index (χ2v) is 4.21. The predicted octanol–water partition coefficient (Wildman–Crippen LogP) is 2.55. The second kappa shape index (κ2) is 7.13. The third kappa shape index (κ3) is 4.61. The standard InChI is InChI=1S/C15H16N2O3/c18-15(19)9-10-16-13-7-4-8-14(17-13)20-11-12-5-2-1-3-6-12/h1-8H,9-11H2,(H,16,17)(H,18,19). The molecule has 5 nitrogen and oxygen atoms in total. The first-order valence-corrected chi connectivity index (χ1v) is 6.33. The van der Waals surface area contributed by atoms with E-state index >= 15 is 0 Å². The van der Waals surface area contributed by atoms with Crippen LogP contribution < -0.4 is 10.1 Å². The van der Waals surface area contributed by atoms with E-state index in [9.17, 15) is 4.79 Å². The fraction of sp³-hybridized carbons (Fsp3) is 0.200. The minimum absolute atomic E-state index is 0.0524. The summed E-state index contributed by atoms with van der Waals surface area (Å²) < 4.78 is 5.59. The quantitative estimate of drug-likeness (QED) is 0.810. The minimum atomic E-state index is -0.839. The zero-order valence-electron chi connectivity index (χ0n) is 11.0. The van der Waals surface area contributed by atoms with Crippen LogP contribution in [0.25, 0.3) is 0 Å². The number of aliphatic carboxylic acids is 1. The summed E-state index contributed by atoms with van der Waals surface area (Å²) in [7, 11) is 0. The lowest BCUT2D eigenvalue weighted by Crippen LogP contribution is -2.08. The summed E-state index contributed by atoms with van der Waals surface area (Å²) in [5.41, 5.74) is 1.07. The Kier molecular flexibility index (Phi) is 4.94. The lowest BCUT2D eigenvalue weighted by Gasteiger charge is -2.08. The third-order valence-electron chi connectivity index (χ3n) is 2.60. The molecule has 0 fully saturated rings. The maximum Gasteiger partial charge on any atom is 0.305 e. The van der Waals surface area contributed by atoms with Crippen LogP contribution in [0, 0.1) is 0 Å². The molecule has 0 radical (unpaired) electrons. The van der Waals surface area contributed by atoms with E-state index in [1.165, 1.54) is 0 Å². The molecule has 0 aliphatic rings. The molecule has 2 aromatic rings. The molecule has 0 unspecified atom stereocenters. The average molecular weight is 272 g/mol. The van der Waals surface area contributed by atoms with Crippen LogP contribution in [0.2, 0.25) is 0 Å². The smallest absolute Gasteiger partial charge is 0.305 e. The number of carbonyl (C=O) groups is 1. The van der Waals surface area contributed by atoms with Crippen LogP contribution in [0.15, 0.2) is 48.5 Å². The van der Waals surface area contributed by atoms with Crippen LogP contribution in [0.4, 0.5) is 5.82 Å². The van der Waals surface area contributed by atoms with E-state index in [-0.39, 0.29) is 6.42 Å². The highest BCUT2D eigenvalue weighted by molar-refractivity contribution is 5.67. The lowest BCUT2D eigenvalue weighted by atomic mass is 10.2. The van der Waals surface area contributed by atoms with Crippen molar-refractivity contribution in [3.8, 4) is 5.88 Å². The van der Waals surface area contributed by atoms with Gasteiger partial charge in [0.15, 0.2) is 0 Å². The van der Waals surface area contributed by atoms with Crippen LogP contribution in [0.3, 0.4) is 0 Å². The van der Waals surface area contributed by atoms with Gasteiger partial charge in [0.1, 0.15) is 12.4 Å². The summed E-state index contributed by atoms with van der Waals surface area (Å²) in [5.74, 6) is 0.278. The summed E-state index contributed by atoms with van der Waals surface area (Å²) in [5, 5.41) is 11.5. The second-order valence-electron chi connectivity index (χ2n) is 4.21. The molecular formula is C15H16N2O3. The van der Waals surface area contributed by atoms with Gasteiger partial charge in [0.05, 0.1) is 6.42 Å². The molecule has 2 rings (SSSR count). The maximum absolute atomic E-state index is 10.4. The van der Waals surface area contributed by atoms with Gasteiger partial charge in [-0.25, -0.2) is 0 Å². The largest absolute Gasteiger partial charge is 0.481 e. The molecule has 0 spiro atoms. The van der Waals surface area contributed by atoms with Crippen molar-refractivity contribution in [2.75, 3.05) is 11.9 Å². The van der Waals surface area contributed by atoms with Gasteiger partial charge in [0.25, 0.3) is 0 Å². The van der Waals surface area contributed by atoms with Gasteiger partial charge < -0.3 is 15.2 Å². The zero-order valence-corrected chi connectivity index (χ0v) is 11.0. The summed E-state index contributed by atoms with van der Waals surface area (Å²) in [6, 6.07) is 15.2. The van der Waals surface area contributed by atoms with Crippen LogP contribution in [0.5, 0.6) is 5.88 Å². The van der Waals surface area contributed by atoms with E-state index in [2.05, 4.69) is 10.3 Å². The molecule has 0 atom stereocenters. The Morgan fingerprint density at radius 2 is 1.95 bits per heavy atom. The van der Waals surface area contributed by atoms with Gasteiger partial charge >= 0.3 is 5.97 Å². The Morgan fingerprint density at radius 1 is 1.15 bits per heavy atom. The number of carboxylic acids is 1. The Morgan fingerprint density at radius 3 is 2.70 bits per heavy atom.